The third kappa shape index (κ3) is 3.33. The summed E-state index contributed by atoms with van der Waals surface area (Å²) in [6.45, 7) is 1.12. The lowest BCUT2D eigenvalue weighted by Gasteiger charge is -2.21. The zero-order valence-corrected chi connectivity index (χ0v) is 13.4. The Labute approximate surface area is 135 Å². The number of anilines is 1. The summed E-state index contributed by atoms with van der Waals surface area (Å²) in [5.41, 5.74) is 0.655. The Kier molecular flexibility index (Phi) is 4.27. The first kappa shape index (κ1) is 15.5. The molecule has 0 bridgehead atoms. The van der Waals surface area contributed by atoms with Crippen LogP contribution in [-0.2, 0) is 4.79 Å². The van der Waals surface area contributed by atoms with Crippen LogP contribution in [0.15, 0.2) is 18.2 Å². The van der Waals surface area contributed by atoms with E-state index in [9.17, 15) is 9.59 Å². The number of nitrogens with zero attached hydrogens (tertiary/aromatic N) is 2. The minimum Gasteiger partial charge on any atom is -0.497 e. The van der Waals surface area contributed by atoms with Crippen molar-refractivity contribution in [3.05, 3.63) is 18.2 Å². The summed E-state index contributed by atoms with van der Waals surface area (Å²) in [5, 5.41) is 2.90. The highest BCUT2D eigenvalue weighted by Crippen LogP contribution is 2.34. The normalized spacial score (nSPS) is 17.4. The van der Waals surface area contributed by atoms with Crippen LogP contribution < -0.4 is 19.7 Å². The van der Waals surface area contributed by atoms with Gasteiger partial charge in [-0.3, -0.25) is 9.69 Å². The summed E-state index contributed by atoms with van der Waals surface area (Å²) < 4.78 is 10.6. The van der Waals surface area contributed by atoms with Crippen LogP contribution in [0.3, 0.4) is 0 Å². The van der Waals surface area contributed by atoms with Gasteiger partial charge in [0.05, 0.1) is 19.9 Å². The molecule has 124 valence electrons. The van der Waals surface area contributed by atoms with E-state index in [2.05, 4.69) is 5.32 Å². The molecule has 2 aliphatic rings. The predicted molar refractivity (Wildman–Crippen MR) is 85.0 cm³/mol. The number of methoxy groups -OCH3 is 2. The minimum absolute atomic E-state index is 0.0954. The molecule has 1 aliphatic heterocycles. The van der Waals surface area contributed by atoms with Crippen LogP contribution in [-0.4, -0.2) is 56.7 Å². The number of benzene rings is 1. The second-order valence-corrected chi connectivity index (χ2v) is 5.74. The van der Waals surface area contributed by atoms with Crippen molar-refractivity contribution >= 4 is 17.6 Å². The van der Waals surface area contributed by atoms with Gasteiger partial charge < -0.3 is 19.7 Å². The van der Waals surface area contributed by atoms with Crippen molar-refractivity contribution < 1.29 is 19.1 Å². The van der Waals surface area contributed by atoms with E-state index in [1.807, 2.05) is 0 Å². The number of rotatable bonds is 6. The van der Waals surface area contributed by atoms with Gasteiger partial charge in [0.25, 0.3) is 0 Å². The van der Waals surface area contributed by atoms with Gasteiger partial charge in [-0.2, -0.15) is 0 Å². The van der Waals surface area contributed by atoms with E-state index in [0.29, 0.717) is 36.3 Å². The molecule has 0 aromatic heterocycles. The fourth-order valence-electron chi connectivity index (χ4n) is 2.63. The average Bonchev–Trinajstić information content (AvgIpc) is 3.30. The van der Waals surface area contributed by atoms with E-state index in [-0.39, 0.29) is 18.5 Å². The molecule has 1 aromatic carbocycles. The van der Waals surface area contributed by atoms with Crippen LogP contribution in [0.5, 0.6) is 11.5 Å². The monoisotopic (exact) mass is 319 g/mol. The lowest BCUT2D eigenvalue weighted by Crippen LogP contribution is -2.40. The van der Waals surface area contributed by atoms with Gasteiger partial charge in [-0.1, -0.05) is 0 Å². The first-order valence-electron chi connectivity index (χ1n) is 7.70. The topological polar surface area (TPSA) is 71.1 Å². The highest BCUT2D eigenvalue weighted by molar-refractivity contribution is 5.98. The summed E-state index contributed by atoms with van der Waals surface area (Å²) >= 11 is 0. The molecule has 3 rings (SSSR count). The average molecular weight is 319 g/mol. The molecule has 3 amide bonds. The molecule has 1 aliphatic carbocycles. The largest absolute Gasteiger partial charge is 0.497 e. The van der Waals surface area contributed by atoms with Gasteiger partial charge in [-0.15, -0.1) is 0 Å². The van der Waals surface area contributed by atoms with Gasteiger partial charge in [0.2, 0.25) is 5.91 Å². The number of hydrogen-bond acceptors (Lipinski definition) is 4. The summed E-state index contributed by atoms with van der Waals surface area (Å²) in [6, 6.07) is 5.43. The molecular formula is C16H21N3O4. The van der Waals surface area contributed by atoms with Gasteiger partial charge in [0.15, 0.2) is 0 Å². The highest BCUT2D eigenvalue weighted by atomic mass is 16.5. The lowest BCUT2D eigenvalue weighted by molar-refractivity contribution is -0.121. The van der Waals surface area contributed by atoms with Gasteiger partial charge in [-0.05, 0) is 25.0 Å². The minimum atomic E-state index is -0.192. The molecule has 7 heteroatoms. The third-order valence-electron chi connectivity index (χ3n) is 4.05. The maximum absolute atomic E-state index is 12.6. The molecule has 2 fully saturated rings. The second-order valence-electron chi connectivity index (χ2n) is 5.74. The Bertz CT molecular complexity index is 615. The quantitative estimate of drug-likeness (QED) is 0.856. The van der Waals surface area contributed by atoms with E-state index in [4.69, 9.17) is 9.47 Å². The molecule has 1 N–H and O–H groups in total. The zero-order chi connectivity index (χ0) is 16.4. The van der Waals surface area contributed by atoms with Crippen molar-refractivity contribution in [2.45, 2.75) is 18.9 Å². The standard InChI is InChI=1S/C16H21N3O4/c1-22-12-5-6-14(23-2)13(9-12)19-8-7-18(16(19)21)10-15(20)17-11-3-4-11/h5-6,9,11H,3-4,7-8,10H2,1-2H3,(H,17,20). The van der Waals surface area contributed by atoms with Crippen molar-refractivity contribution in [2.24, 2.45) is 0 Å². The smallest absolute Gasteiger partial charge is 0.325 e. The van der Waals surface area contributed by atoms with Gasteiger partial charge in [-0.25, -0.2) is 4.79 Å². The number of carbonyl (C=O) groups is 2. The molecule has 23 heavy (non-hydrogen) atoms. The fourth-order valence-corrected chi connectivity index (χ4v) is 2.63. The SMILES string of the molecule is COc1ccc(OC)c(N2CCN(CC(=O)NC3CC3)C2=O)c1. The molecule has 1 heterocycles. The van der Waals surface area contributed by atoms with Crippen molar-refractivity contribution in [3.63, 3.8) is 0 Å². The van der Waals surface area contributed by atoms with Gasteiger partial charge >= 0.3 is 6.03 Å². The number of amides is 3. The van der Waals surface area contributed by atoms with E-state index in [0.717, 1.165) is 12.8 Å². The van der Waals surface area contributed by atoms with Crippen LogP contribution in [0.4, 0.5) is 10.5 Å². The van der Waals surface area contributed by atoms with Crippen molar-refractivity contribution in [3.8, 4) is 11.5 Å². The second kappa shape index (κ2) is 6.36. The predicted octanol–water partition coefficient (Wildman–Crippen LogP) is 1.22. The number of nitrogens with one attached hydrogen (secondary N) is 1. The summed E-state index contributed by atoms with van der Waals surface area (Å²) in [6.07, 6.45) is 2.07. The molecule has 7 nitrogen and oxygen atoms in total. The number of carbonyl (C=O) groups excluding carboxylic acids is 2. The van der Waals surface area contributed by atoms with E-state index in [1.165, 1.54) is 0 Å². The van der Waals surface area contributed by atoms with Crippen molar-refractivity contribution in [1.82, 2.24) is 10.2 Å². The Morgan fingerprint density at radius 1 is 1.26 bits per heavy atom. The van der Waals surface area contributed by atoms with Gasteiger partial charge in [0.1, 0.15) is 18.0 Å². The number of urea groups is 1. The first-order chi connectivity index (χ1) is 11.1. The van der Waals surface area contributed by atoms with Crippen molar-refractivity contribution in [1.29, 1.82) is 0 Å². The highest BCUT2D eigenvalue weighted by Gasteiger charge is 2.33. The van der Waals surface area contributed by atoms with E-state index >= 15 is 0 Å². The van der Waals surface area contributed by atoms with Gasteiger partial charge in [0, 0.05) is 25.2 Å². The molecule has 1 saturated heterocycles. The van der Waals surface area contributed by atoms with Crippen molar-refractivity contribution in [2.75, 3.05) is 38.8 Å². The maximum atomic E-state index is 12.6. The Balaban J connectivity index is 1.71. The van der Waals surface area contributed by atoms with Crippen LogP contribution in [0.25, 0.3) is 0 Å². The molecular weight excluding hydrogens is 298 g/mol. The summed E-state index contributed by atoms with van der Waals surface area (Å²) in [4.78, 5) is 27.6. The molecule has 0 spiro atoms. The first-order valence-corrected chi connectivity index (χ1v) is 7.70. The molecule has 0 radical (unpaired) electrons. The van der Waals surface area contributed by atoms with Crippen LogP contribution in [0.1, 0.15) is 12.8 Å². The van der Waals surface area contributed by atoms with Crippen LogP contribution in [0, 0.1) is 0 Å². The van der Waals surface area contributed by atoms with E-state index < -0.39 is 0 Å². The third-order valence-corrected chi connectivity index (χ3v) is 4.05. The molecule has 1 saturated carbocycles. The Morgan fingerprint density at radius 3 is 2.70 bits per heavy atom. The Hall–Kier alpha value is -2.44. The summed E-state index contributed by atoms with van der Waals surface area (Å²) in [7, 11) is 3.14. The molecule has 0 unspecified atom stereocenters. The lowest BCUT2D eigenvalue weighted by atomic mass is 10.2. The Morgan fingerprint density at radius 2 is 2.04 bits per heavy atom. The van der Waals surface area contributed by atoms with Crippen LogP contribution in [0.2, 0.25) is 0 Å². The number of hydrogen-bond donors (Lipinski definition) is 1. The molecule has 1 aromatic rings. The summed E-state index contributed by atoms with van der Waals surface area (Å²) in [5.74, 6) is 1.15. The van der Waals surface area contributed by atoms with E-state index in [1.54, 1.807) is 42.2 Å². The fraction of sp³-hybridized carbons (Fsp3) is 0.500. The zero-order valence-electron chi connectivity index (χ0n) is 13.4. The number of ether oxygens (including phenoxy) is 2. The maximum Gasteiger partial charge on any atom is 0.325 e. The molecule has 0 atom stereocenters. The van der Waals surface area contributed by atoms with Crippen LogP contribution >= 0.6 is 0 Å².